The zero-order valence-electron chi connectivity index (χ0n) is 10.5. The highest BCUT2D eigenvalue weighted by molar-refractivity contribution is 7.18. The topological polar surface area (TPSA) is 101 Å². The van der Waals surface area contributed by atoms with Crippen LogP contribution in [0.2, 0.25) is 0 Å². The van der Waals surface area contributed by atoms with Crippen molar-refractivity contribution in [1.29, 1.82) is 0 Å². The van der Waals surface area contributed by atoms with Gasteiger partial charge in [-0.25, -0.2) is 9.97 Å². The Morgan fingerprint density at radius 2 is 2.35 bits per heavy atom. The third-order valence-electron chi connectivity index (χ3n) is 3.77. The predicted octanol–water partition coefficient (Wildman–Crippen LogP) is 0.718. The van der Waals surface area contributed by atoms with Gasteiger partial charge in [-0.15, -0.1) is 22.9 Å². The number of aromatic nitrogens is 2. The van der Waals surface area contributed by atoms with E-state index in [1.165, 1.54) is 17.7 Å². The number of nitrogens with two attached hydrogens (primary N) is 1. The van der Waals surface area contributed by atoms with Gasteiger partial charge in [0.25, 0.3) is 0 Å². The predicted molar refractivity (Wildman–Crippen MR) is 77.1 cm³/mol. The molecule has 108 valence electrons. The molecule has 1 aliphatic rings. The van der Waals surface area contributed by atoms with Crippen LogP contribution in [0.1, 0.15) is 11.5 Å². The molecule has 6 nitrogen and oxygen atoms in total. The zero-order chi connectivity index (χ0) is 14.3. The number of thiophene rings is 1. The van der Waals surface area contributed by atoms with E-state index in [0.29, 0.717) is 5.82 Å². The fourth-order valence-electron chi connectivity index (χ4n) is 2.51. The van der Waals surface area contributed by atoms with Crippen molar-refractivity contribution in [1.82, 2.24) is 9.97 Å². The number of hydrogen-bond donors (Lipinski definition) is 3. The van der Waals surface area contributed by atoms with Gasteiger partial charge in [0.1, 0.15) is 17.7 Å². The second-order valence-corrected chi connectivity index (χ2v) is 5.99. The first-order chi connectivity index (χ1) is 9.63. The molecule has 4 N–H and O–H groups in total. The molecule has 0 saturated carbocycles. The molecule has 0 amide bonds. The lowest BCUT2D eigenvalue weighted by molar-refractivity contribution is -0.0746. The first kappa shape index (κ1) is 14.0. The SMILES string of the molecule is Nc1ncnc2c(C3CO[C@@](CO)(CCl)[C@H]3O)csc12. The summed E-state index contributed by atoms with van der Waals surface area (Å²) in [6, 6.07) is 0. The maximum Gasteiger partial charge on any atom is 0.144 e. The molecule has 0 radical (unpaired) electrons. The summed E-state index contributed by atoms with van der Waals surface area (Å²) in [6.45, 7) is -0.0441. The van der Waals surface area contributed by atoms with Crippen molar-refractivity contribution in [3.05, 3.63) is 17.3 Å². The van der Waals surface area contributed by atoms with Crippen LogP contribution in [0.15, 0.2) is 11.7 Å². The summed E-state index contributed by atoms with van der Waals surface area (Å²) in [6.07, 6.45) is 0.510. The molecule has 3 atom stereocenters. The van der Waals surface area contributed by atoms with Crippen molar-refractivity contribution >= 4 is 39.0 Å². The summed E-state index contributed by atoms with van der Waals surface area (Å²) in [4.78, 5) is 8.19. The van der Waals surface area contributed by atoms with Gasteiger partial charge < -0.3 is 20.7 Å². The fraction of sp³-hybridized carbons (Fsp3) is 0.500. The van der Waals surface area contributed by atoms with Crippen molar-refractivity contribution in [3.8, 4) is 0 Å². The lowest BCUT2D eigenvalue weighted by Crippen LogP contribution is -2.46. The number of nitrogen functional groups attached to an aromatic ring is 1. The molecule has 1 aliphatic heterocycles. The van der Waals surface area contributed by atoms with Crippen LogP contribution in [-0.4, -0.2) is 51.0 Å². The van der Waals surface area contributed by atoms with Crippen LogP contribution in [0, 0.1) is 0 Å². The van der Waals surface area contributed by atoms with E-state index >= 15 is 0 Å². The zero-order valence-corrected chi connectivity index (χ0v) is 12.1. The van der Waals surface area contributed by atoms with Gasteiger partial charge >= 0.3 is 0 Å². The third kappa shape index (κ3) is 1.89. The van der Waals surface area contributed by atoms with E-state index in [1.807, 2.05) is 5.38 Å². The summed E-state index contributed by atoms with van der Waals surface area (Å²) in [5.74, 6) is 0.162. The molecular weight excluding hydrogens is 302 g/mol. The standard InChI is InChI=1S/C12H14ClN3O3S/c13-3-12(4-17)10(18)6(1-19-12)7-2-20-9-8(7)15-5-16-11(9)14/h2,5-6,10,17-18H,1,3-4H2,(H2,14,15,16)/t6?,10-,12+/m0/s1. The highest BCUT2D eigenvalue weighted by Gasteiger charge is 2.49. The van der Waals surface area contributed by atoms with Crippen LogP contribution in [0.3, 0.4) is 0 Å². The Morgan fingerprint density at radius 1 is 1.55 bits per heavy atom. The second-order valence-electron chi connectivity index (χ2n) is 4.85. The molecule has 20 heavy (non-hydrogen) atoms. The minimum atomic E-state index is -1.11. The van der Waals surface area contributed by atoms with Crippen molar-refractivity contribution in [2.75, 3.05) is 24.8 Å². The average molecular weight is 316 g/mol. The minimum absolute atomic E-state index is 0.0281. The van der Waals surface area contributed by atoms with Crippen molar-refractivity contribution < 1.29 is 14.9 Å². The Labute approximate surface area is 124 Å². The first-order valence-corrected chi connectivity index (χ1v) is 7.51. The van der Waals surface area contributed by atoms with Crippen LogP contribution in [0.25, 0.3) is 10.2 Å². The molecule has 2 aromatic rings. The minimum Gasteiger partial charge on any atom is -0.393 e. The number of halogens is 1. The molecule has 2 aromatic heterocycles. The van der Waals surface area contributed by atoms with Crippen molar-refractivity contribution in [2.24, 2.45) is 0 Å². The van der Waals surface area contributed by atoms with Gasteiger partial charge in [0.15, 0.2) is 0 Å². The molecular formula is C12H14ClN3O3S. The van der Waals surface area contributed by atoms with E-state index in [2.05, 4.69) is 9.97 Å². The van der Waals surface area contributed by atoms with Crippen molar-refractivity contribution in [3.63, 3.8) is 0 Å². The average Bonchev–Trinajstić information content (AvgIpc) is 3.02. The maximum atomic E-state index is 10.5. The summed E-state index contributed by atoms with van der Waals surface area (Å²) in [5, 5.41) is 21.8. The summed E-state index contributed by atoms with van der Waals surface area (Å²) in [7, 11) is 0. The molecule has 1 fully saturated rings. The molecule has 3 heterocycles. The van der Waals surface area contributed by atoms with Gasteiger partial charge in [-0.2, -0.15) is 0 Å². The fourth-order valence-corrected chi connectivity index (χ4v) is 3.81. The molecule has 0 bridgehead atoms. The molecule has 8 heteroatoms. The largest absolute Gasteiger partial charge is 0.393 e. The van der Waals surface area contributed by atoms with Gasteiger partial charge in [-0.05, 0) is 10.9 Å². The molecule has 0 aromatic carbocycles. The van der Waals surface area contributed by atoms with Crippen LogP contribution in [-0.2, 0) is 4.74 Å². The molecule has 0 spiro atoms. The van der Waals surface area contributed by atoms with E-state index in [1.54, 1.807) is 0 Å². The van der Waals surface area contributed by atoms with E-state index in [-0.39, 0.29) is 25.0 Å². The Kier molecular flexibility index (Phi) is 3.55. The number of ether oxygens (including phenoxy) is 1. The Hall–Kier alpha value is -0.990. The Balaban J connectivity index is 2.03. The van der Waals surface area contributed by atoms with Crippen LogP contribution >= 0.6 is 22.9 Å². The summed E-state index contributed by atoms with van der Waals surface area (Å²) >= 11 is 7.27. The molecule has 3 rings (SSSR count). The second kappa shape index (κ2) is 5.09. The number of aliphatic hydroxyl groups is 2. The van der Waals surface area contributed by atoms with Gasteiger partial charge in [-0.1, -0.05) is 0 Å². The molecule has 1 unspecified atom stereocenters. The maximum absolute atomic E-state index is 10.5. The quantitative estimate of drug-likeness (QED) is 0.721. The lowest BCUT2D eigenvalue weighted by Gasteiger charge is -2.28. The number of nitrogens with zero attached hydrogens (tertiary/aromatic N) is 2. The molecule has 0 aliphatic carbocycles. The summed E-state index contributed by atoms with van der Waals surface area (Å²) < 4.78 is 6.36. The van der Waals surface area contributed by atoms with E-state index in [9.17, 15) is 10.2 Å². The molecule has 1 saturated heterocycles. The van der Waals surface area contributed by atoms with Crippen LogP contribution in [0.5, 0.6) is 0 Å². The number of fused-ring (bicyclic) bond motifs is 1. The number of hydrogen-bond acceptors (Lipinski definition) is 7. The van der Waals surface area contributed by atoms with Gasteiger partial charge in [0.05, 0.1) is 35.4 Å². The Morgan fingerprint density at radius 3 is 3.00 bits per heavy atom. The van der Waals surface area contributed by atoms with E-state index in [4.69, 9.17) is 22.1 Å². The monoisotopic (exact) mass is 315 g/mol. The smallest absolute Gasteiger partial charge is 0.144 e. The third-order valence-corrected chi connectivity index (χ3v) is 5.23. The normalized spacial score (nSPS) is 30.1. The number of anilines is 1. The van der Waals surface area contributed by atoms with E-state index < -0.39 is 11.7 Å². The van der Waals surface area contributed by atoms with Gasteiger partial charge in [0.2, 0.25) is 0 Å². The van der Waals surface area contributed by atoms with Crippen LogP contribution in [0.4, 0.5) is 5.82 Å². The number of alkyl halides is 1. The highest BCUT2D eigenvalue weighted by atomic mass is 35.5. The number of rotatable bonds is 3. The Bertz CT molecular complexity index is 631. The number of aliphatic hydroxyl groups excluding tert-OH is 2. The first-order valence-electron chi connectivity index (χ1n) is 6.09. The van der Waals surface area contributed by atoms with Crippen LogP contribution < -0.4 is 5.73 Å². The van der Waals surface area contributed by atoms with E-state index in [0.717, 1.165) is 15.8 Å². The highest BCUT2D eigenvalue weighted by Crippen LogP contribution is 2.42. The van der Waals surface area contributed by atoms with Gasteiger partial charge in [0, 0.05) is 5.92 Å². The van der Waals surface area contributed by atoms with Crippen molar-refractivity contribution in [2.45, 2.75) is 17.6 Å². The lowest BCUT2D eigenvalue weighted by atomic mass is 9.88. The van der Waals surface area contributed by atoms with Gasteiger partial charge in [-0.3, -0.25) is 0 Å². The summed E-state index contributed by atoms with van der Waals surface area (Å²) in [5.41, 5.74) is 6.28.